The lowest BCUT2D eigenvalue weighted by molar-refractivity contribution is 0.901. The molecule has 0 saturated heterocycles. The quantitative estimate of drug-likeness (QED) is 0.162. The van der Waals surface area contributed by atoms with E-state index in [0.29, 0.717) is 50.4 Å². The summed E-state index contributed by atoms with van der Waals surface area (Å²) in [5, 5.41) is 30.8. The predicted octanol–water partition coefficient (Wildman–Crippen LogP) is 9.61. The molecule has 266 valence electrons. The molecule has 12 rings (SSSR count). The normalized spacial score (nSPS) is 11.9. The van der Waals surface area contributed by atoms with Crippen LogP contribution in [0.3, 0.4) is 0 Å². The Morgan fingerprint density at radius 1 is 0.526 bits per heavy atom. The standard InChI is InChI=1S/C44H24N12S/c1-4-14-28-23(9-1)21-32(47-28)37-36(33-22-24-10-2-5-15-29(24)50-51-33)35(26-12-8-18-34-40(26)54-56-57-34)38(41-25-11-3-6-16-30(25)52-55-53-41)43-42(37)49-39-27(44-45-19-20-46-44)13-7-17-31(39)48-43/h1-22,47H,(H,45,46). The molecule has 0 atom stereocenters. The summed E-state index contributed by atoms with van der Waals surface area (Å²) in [4.78, 5) is 22.8. The number of benzene rings is 6. The minimum Gasteiger partial charge on any atom is -0.354 e. The van der Waals surface area contributed by atoms with Crippen molar-refractivity contribution < 1.29 is 0 Å². The summed E-state index contributed by atoms with van der Waals surface area (Å²) in [6.45, 7) is 0. The molecule has 0 bridgehead atoms. The maximum absolute atomic E-state index is 5.60. The lowest BCUT2D eigenvalue weighted by Crippen LogP contribution is -2.05. The average Bonchev–Trinajstić information content (AvgIpc) is 4.07. The van der Waals surface area contributed by atoms with Gasteiger partial charge in [0.25, 0.3) is 0 Å². The topological polar surface area (TPSA) is 160 Å². The number of para-hydroxylation sites is 2. The van der Waals surface area contributed by atoms with Gasteiger partial charge in [-0.15, -0.1) is 25.5 Å². The monoisotopic (exact) mass is 752 g/mol. The highest BCUT2D eigenvalue weighted by Crippen LogP contribution is 2.52. The van der Waals surface area contributed by atoms with Crippen molar-refractivity contribution in [2.24, 2.45) is 0 Å². The number of hydrogen-bond acceptors (Lipinski definition) is 11. The molecule has 0 saturated carbocycles. The molecule has 0 spiro atoms. The maximum Gasteiger partial charge on any atom is 0.139 e. The van der Waals surface area contributed by atoms with Crippen molar-refractivity contribution in [3.63, 3.8) is 0 Å². The predicted molar refractivity (Wildman–Crippen MR) is 223 cm³/mol. The molecule has 2 N–H and O–H groups in total. The van der Waals surface area contributed by atoms with Gasteiger partial charge in [0.05, 0.1) is 26.9 Å². The Bertz CT molecular complexity index is 3520. The van der Waals surface area contributed by atoms with Crippen LogP contribution in [0, 0.1) is 0 Å². The first kappa shape index (κ1) is 31.5. The third-order valence-corrected chi connectivity index (χ3v) is 11.2. The average molecular weight is 753 g/mol. The molecule has 6 aromatic carbocycles. The van der Waals surface area contributed by atoms with Gasteiger partial charge in [-0.1, -0.05) is 77.3 Å². The molecule has 6 heterocycles. The van der Waals surface area contributed by atoms with Gasteiger partial charge in [0.15, 0.2) is 0 Å². The number of nitrogens with zero attached hydrogens (tertiary/aromatic N) is 10. The van der Waals surface area contributed by atoms with Gasteiger partial charge >= 0.3 is 0 Å². The molecule has 12 aromatic rings. The molecule has 0 amide bonds. The van der Waals surface area contributed by atoms with Crippen LogP contribution in [0.15, 0.2) is 134 Å². The van der Waals surface area contributed by atoms with E-state index in [-0.39, 0.29) is 0 Å². The SMILES string of the molecule is c1ccc2nnc(-c3c(-c4cccc5snnc45)c(-c4nnnc5ccccc45)c4nc5cccc(-c6ncc[nH]6)c5nc4c3-c3cc4ccccc4[nH]3)cc2c1. The molecule has 12 nitrogen and oxygen atoms in total. The van der Waals surface area contributed by atoms with E-state index in [1.54, 1.807) is 12.4 Å². The number of fused-ring (bicyclic) bond motifs is 6. The van der Waals surface area contributed by atoms with E-state index in [0.717, 1.165) is 70.9 Å². The van der Waals surface area contributed by atoms with Crippen molar-refractivity contribution in [1.29, 1.82) is 0 Å². The third-order valence-electron chi connectivity index (χ3n) is 10.5. The molecule has 0 radical (unpaired) electrons. The Hall–Kier alpha value is -7.90. The number of hydrogen-bond donors (Lipinski definition) is 2. The fourth-order valence-corrected chi connectivity index (χ4v) is 8.56. The first-order valence-corrected chi connectivity index (χ1v) is 19.0. The van der Waals surface area contributed by atoms with Crippen LogP contribution in [0.5, 0.6) is 0 Å². The van der Waals surface area contributed by atoms with Crippen molar-refractivity contribution in [3.8, 4) is 56.3 Å². The van der Waals surface area contributed by atoms with Crippen molar-refractivity contribution >= 4 is 76.5 Å². The third kappa shape index (κ3) is 4.86. The van der Waals surface area contributed by atoms with Crippen LogP contribution in [0.4, 0.5) is 0 Å². The minimum atomic E-state index is 0.592. The zero-order chi connectivity index (χ0) is 37.5. The molecule has 0 unspecified atom stereocenters. The first-order valence-electron chi connectivity index (χ1n) is 18.2. The zero-order valence-electron chi connectivity index (χ0n) is 29.6. The number of nitrogens with one attached hydrogen (secondary N) is 2. The van der Waals surface area contributed by atoms with E-state index in [4.69, 9.17) is 30.4 Å². The largest absolute Gasteiger partial charge is 0.354 e. The Labute approximate surface area is 325 Å². The minimum absolute atomic E-state index is 0.592. The molecular weight excluding hydrogens is 729 g/mol. The van der Waals surface area contributed by atoms with Gasteiger partial charge in [-0.05, 0) is 65.3 Å². The highest BCUT2D eigenvalue weighted by Gasteiger charge is 2.31. The van der Waals surface area contributed by atoms with E-state index in [1.807, 2.05) is 91.0 Å². The highest BCUT2D eigenvalue weighted by molar-refractivity contribution is 7.13. The second-order valence-electron chi connectivity index (χ2n) is 13.7. The van der Waals surface area contributed by atoms with Gasteiger partial charge in [-0.3, -0.25) is 0 Å². The van der Waals surface area contributed by atoms with Crippen molar-refractivity contribution in [2.45, 2.75) is 0 Å². The van der Waals surface area contributed by atoms with Gasteiger partial charge in [0, 0.05) is 73.1 Å². The number of imidazole rings is 1. The first-order chi connectivity index (χ1) is 28.3. The zero-order valence-corrected chi connectivity index (χ0v) is 30.4. The van der Waals surface area contributed by atoms with Gasteiger partial charge in [0.2, 0.25) is 0 Å². The Morgan fingerprint density at radius 2 is 1.33 bits per heavy atom. The van der Waals surface area contributed by atoms with Gasteiger partial charge in [-0.2, -0.15) is 0 Å². The van der Waals surface area contributed by atoms with Gasteiger partial charge in [-0.25, -0.2) is 15.0 Å². The summed E-state index contributed by atoms with van der Waals surface area (Å²) >= 11 is 1.34. The second-order valence-corrected chi connectivity index (χ2v) is 14.5. The summed E-state index contributed by atoms with van der Waals surface area (Å²) in [5.41, 5.74) is 12.6. The summed E-state index contributed by atoms with van der Waals surface area (Å²) in [6.07, 6.45) is 3.54. The fraction of sp³-hybridized carbons (Fsp3) is 0. The highest BCUT2D eigenvalue weighted by atomic mass is 32.1. The van der Waals surface area contributed by atoms with Crippen LogP contribution in [0.1, 0.15) is 0 Å². The van der Waals surface area contributed by atoms with Crippen molar-refractivity contribution in [2.75, 3.05) is 0 Å². The van der Waals surface area contributed by atoms with Crippen LogP contribution < -0.4 is 0 Å². The molecule has 0 aliphatic carbocycles. The summed E-state index contributed by atoms with van der Waals surface area (Å²) in [5.74, 6) is 0.688. The second kappa shape index (κ2) is 12.3. The van der Waals surface area contributed by atoms with Crippen molar-refractivity contribution in [3.05, 3.63) is 134 Å². The summed E-state index contributed by atoms with van der Waals surface area (Å²) in [7, 11) is 0. The Balaban J connectivity index is 1.38. The van der Waals surface area contributed by atoms with Crippen LogP contribution in [0.25, 0.3) is 121 Å². The number of aromatic amines is 2. The van der Waals surface area contributed by atoms with Crippen LogP contribution in [-0.4, -0.2) is 60.1 Å². The Morgan fingerprint density at radius 3 is 2.25 bits per heavy atom. The van der Waals surface area contributed by atoms with E-state index in [2.05, 4.69) is 60.1 Å². The smallest absolute Gasteiger partial charge is 0.139 e. The molecule has 57 heavy (non-hydrogen) atoms. The van der Waals surface area contributed by atoms with E-state index < -0.39 is 0 Å². The molecular formula is C44H24N12S. The van der Waals surface area contributed by atoms with E-state index in [9.17, 15) is 0 Å². The molecule has 13 heteroatoms. The summed E-state index contributed by atoms with van der Waals surface area (Å²) < 4.78 is 5.34. The molecule has 0 fully saturated rings. The van der Waals surface area contributed by atoms with Crippen LogP contribution >= 0.6 is 11.5 Å². The molecule has 0 aliphatic heterocycles. The van der Waals surface area contributed by atoms with Crippen LogP contribution in [0.2, 0.25) is 0 Å². The lowest BCUT2D eigenvalue weighted by Gasteiger charge is -2.22. The number of rotatable bonds is 5. The van der Waals surface area contributed by atoms with Crippen LogP contribution in [-0.2, 0) is 0 Å². The molecule has 6 aromatic heterocycles. The summed E-state index contributed by atoms with van der Waals surface area (Å²) in [6, 6.07) is 40.4. The fourth-order valence-electron chi connectivity index (χ4n) is 7.97. The van der Waals surface area contributed by atoms with Gasteiger partial charge < -0.3 is 9.97 Å². The number of H-pyrrole nitrogens is 2. The van der Waals surface area contributed by atoms with E-state index >= 15 is 0 Å². The number of aromatic nitrogens is 12. The Kier molecular flexibility index (Phi) is 6.79. The van der Waals surface area contributed by atoms with E-state index in [1.165, 1.54) is 11.5 Å². The van der Waals surface area contributed by atoms with Crippen molar-refractivity contribution in [1.82, 2.24) is 60.1 Å². The lowest BCUT2D eigenvalue weighted by atomic mass is 9.83. The maximum atomic E-state index is 5.60. The van der Waals surface area contributed by atoms with Gasteiger partial charge in [0.1, 0.15) is 33.6 Å². The molecule has 0 aliphatic rings.